The number of halogens is 1. The average molecular weight is 219 g/mol. The molecule has 0 radical (unpaired) electrons. The Morgan fingerprint density at radius 3 is 2.82 bits per heavy atom. The quantitative estimate of drug-likeness (QED) is 0.619. The van der Waals surface area contributed by atoms with E-state index in [1.54, 1.807) is 0 Å². The summed E-state index contributed by atoms with van der Waals surface area (Å²) in [4.78, 5) is 11.5. The highest BCUT2D eigenvalue weighted by atomic mass is 79.9. The predicted octanol–water partition coefficient (Wildman–Crippen LogP) is 2.92. The molecule has 2 heteroatoms. The summed E-state index contributed by atoms with van der Waals surface area (Å²) in [7, 11) is 0. The fourth-order valence-electron chi connectivity index (χ4n) is 1.56. The van der Waals surface area contributed by atoms with Gasteiger partial charge in [0.25, 0.3) is 0 Å². The van der Waals surface area contributed by atoms with Crippen LogP contribution in [0.1, 0.15) is 39.5 Å². The molecule has 2 unspecified atom stereocenters. The van der Waals surface area contributed by atoms with Crippen molar-refractivity contribution in [3.8, 4) is 0 Å². The first-order valence-electron chi connectivity index (χ1n) is 4.24. The van der Waals surface area contributed by atoms with Gasteiger partial charge in [0.1, 0.15) is 5.78 Å². The molecule has 1 fully saturated rings. The minimum atomic E-state index is 0.141. The molecule has 1 saturated carbocycles. The van der Waals surface area contributed by atoms with E-state index < -0.39 is 0 Å². The van der Waals surface area contributed by atoms with E-state index in [1.165, 1.54) is 6.42 Å². The van der Waals surface area contributed by atoms with Crippen LogP contribution in [-0.4, -0.2) is 10.6 Å². The van der Waals surface area contributed by atoms with Crippen molar-refractivity contribution >= 4 is 21.7 Å². The predicted molar refractivity (Wildman–Crippen MR) is 50.0 cm³/mol. The Labute approximate surface area is 76.7 Å². The van der Waals surface area contributed by atoms with E-state index in [-0.39, 0.29) is 4.83 Å². The number of ketones is 1. The number of carbonyl (C=O) groups excluding carboxylic acids is 1. The first-order chi connectivity index (χ1) is 5.07. The molecule has 1 aliphatic rings. The van der Waals surface area contributed by atoms with E-state index in [4.69, 9.17) is 0 Å². The van der Waals surface area contributed by atoms with Crippen LogP contribution in [-0.2, 0) is 4.79 Å². The highest BCUT2D eigenvalue weighted by molar-refractivity contribution is 9.10. The van der Waals surface area contributed by atoms with Crippen LogP contribution in [0.25, 0.3) is 0 Å². The standard InChI is InChI=1S/C9H15BrO/c1-3-9(2)5-4-7(10)8(11)6-9/h7H,3-6H2,1-2H3. The molecule has 0 aromatic heterocycles. The second-order valence-corrected chi connectivity index (χ2v) is 4.92. The lowest BCUT2D eigenvalue weighted by atomic mass is 9.73. The molecule has 11 heavy (non-hydrogen) atoms. The number of rotatable bonds is 1. The van der Waals surface area contributed by atoms with Gasteiger partial charge in [-0.25, -0.2) is 0 Å². The van der Waals surface area contributed by atoms with E-state index in [0.29, 0.717) is 11.2 Å². The topological polar surface area (TPSA) is 17.1 Å². The monoisotopic (exact) mass is 218 g/mol. The van der Waals surface area contributed by atoms with Crippen LogP contribution in [0.2, 0.25) is 0 Å². The molecule has 2 atom stereocenters. The van der Waals surface area contributed by atoms with Crippen molar-refractivity contribution in [2.24, 2.45) is 5.41 Å². The third kappa shape index (κ3) is 2.05. The minimum Gasteiger partial charge on any atom is -0.298 e. The molecule has 1 nitrogen and oxygen atoms in total. The second-order valence-electron chi connectivity index (χ2n) is 3.81. The molecule has 0 aromatic rings. The summed E-state index contributed by atoms with van der Waals surface area (Å²) < 4.78 is 0. The molecule has 0 amide bonds. The third-order valence-electron chi connectivity index (χ3n) is 2.81. The largest absolute Gasteiger partial charge is 0.298 e. The average Bonchev–Trinajstić information content (AvgIpc) is 1.98. The first kappa shape index (κ1) is 9.24. The lowest BCUT2D eigenvalue weighted by Gasteiger charge is -2.33. The van der Waals surface area contributed by atoms with Crippen molar-refractivity contribution in [3.05, 3.63) is 0 Å². The molecule has 0 N–H and O–H groups in total. The van der Waals surface area contributed by atoms with Gasteiger partial charge in [-0.3, -0.25) is 4.79 Å². The Kier molecular flexibility index (Phi) is 2.74. The van der Waals surface area contributed by atoms with Gasteiger partial charge in [0.2, 0.25) is 0 Å². The number of hydrogen-bond donors (Lipinski definition) is 0. The SMILES string of the molecule is CCC1(C)CCC(Br)C(=O)C1. The fraction of sp³-hybridized carbons (Fsp3) is 0.889. The fourth-order valence-corrected chi connectivity index (χ4v) is 1.95. The molecular weight excluding hydrogens is 204 g/mol. The maximum Gasteiger partial charge on any atom is 0.147 e. The Balaban J connectivity index is 2.59. The summed E-state index contributed by atoms with van der Waals surface area (Å²) >= 11 is 3.38. The lowest BCUT2D eigenvalue weighted by molar-refractivity contribution is -0.122. The van der Waals surface area contributed by atoms with Crippen molar-refractivity contribution in [3.63, 3.8) is 0 Å². The van der Waals surface area contributed by atoms with Gasteiger partial charge in [0.05, 0.1) is 4.83 Å². The van der Waals surface area contributed by atoms with E-state index in [9.17, 15) is 4.79 Å². The van der Waals surface area contributed by atoms with Gasteiger partial charge >= 0.3 is 0 Å². The van der Waals surface area contributed by atoms with Crippen LogP contribution in [0.5, 0.6) is 0 Å². The molecule has 0 spiro atoms. The summed E-state index contributed by atoms with van der Waals surface area (Å²) in [5.41, 5.74) is 0.293. The summed E-state index contributed by atoms with van der Waals surface area (Å²) in [6.07, 6.45) is 4.09. The van der Waals surface area contributed by atoms with Crippen LogP contribution in [0, 0.1) is 5.41 Å². The molecule has 1 rings (SSSR count). The zero-order valence-electron chi connectivity index (χ0n) is 7.19. The minimum absolute atomic E-state index is 0.141. The van der Waals surface area contributed by atoms with Crippen molar-refractivity contribution in [1.29, 1.82) is 0 Å². The van der Waals surface area contributed by atoms with Crippen LogP contribution in [0.15, 0.2) is 0 Å². The van der Waals surface area contributed by atoms with Gasteiger partial charge in [-0.1, -0.05) is 36.2 Å². The van der Waals surface area contributed by atoms with E-state index in [0.717, 1.165) is 19.3 Å². The number of alkyl halides is 1. The molecule has 0 saturated heterocycles. The van der Waals surface area contributed by atoms with Gasteiger partial charge in [-0.05, 0) is 18.3 Å². The maximum absolute atomic E-state index is 11.3. The Hall–Kier alpha value is 0.150. The van der Waals surface area contributed by atoms with Gasteiger partial charge in [0.15, 0.2) is 0 Å². The highest BCUT2D eigenvalue weighted by Crippen LogP contribution is 2.38. The summed E-state index contributed by atoms with van der Waals surface area (Å²) in [5, 5.41) is 0. The van der Waals surface area contributed by atoms with Crippen molar-refractivity contribution < 1.29 is 4.79 Å². The summed E-state index contributed by atoms with van der Waals surface area (Å²) in [5.74, 6) is 0.389. The van der Waals surface area contributed by atoms with Gasteiger partial charge in [-0.2, -0.15) is 0 Å². The van der Waals surface area contributed by atoms with Crippen molar-refractivity contribution in [2.75, 3.05) is 0 Å². The van der Waals surface area contributed by atoms with Gasteiger partial charge in [0, 0.05) is 6.42 Å². The highest BCUT2D eigenvalue weighted by Gasteiger charge is 2.33. The van der Waals surface area contributed by atoms with Gasteiger partial charge < -0.3 is 0 Å². The Morgan fingerprint density at radius 2 is 2.36 bits per heavy atom. The molecule has 1 aliphatic carbocycles. The van der Waals surface area contributed by atoms with Crippen molar-refractivity contribution in [1.82, 2.24) is 0 Å². The number of hydrogen-bond acceptors (Lipinski definition) is 1. The summed E-state index contributed by atoms with van der Waals surface area (Å²) in [6, 6.07) is 0. The van der Waals surface area contributed by atoms with Crippen LogP contribution in [0.4, 0.5) is 0 Å². The van der Waals surface area contributed by atoms with Crippen LogP contribution in [0.3, 0.4) is 0 Å². The van der Waals surface area contributed by atoms with E-state index in [2.05, 4.69) is 29.8 Å². The molecule has 64 valence electrons. The third-order valence-corrected chi connectivity index (χ3v) is 3.77. The molecule has 0 heterocycles. The van der Waals surface area contributed by atoms with Crippen LogP contribution >= 0.6 is 15.9 Å². The second kappa shape index (κ2) is 3.26. The van der Waals surface area contributed by atoms with Gasteiger partial charge in [-0.15, -0.1) is 0 Å². The first-order valence-corrected chi connectivity index (χ1v) is 5.16. The van der Waals surface area contributed by atoms with E-state index in [1.807, 2.05) is 0 Å². The number of Topliss-reactive ketones (excluding diaryl/α,β-unsaturated/α-hetero) is 1. The molecule has 0 bridgehead atoms. The Bertz CT molecular complexity index is 167. The maximum atomic E-state index is 11.3. The lowest BCUT2D eigenvalue weighted by Crippen LogP contribution is -2.31. The Morgan fingerprint density at radius 1 is 1.73 bits per heavy atom. The van der Waals surface area contributed by atoms with Crippen LogP contribution < -0.4 is 0 Å². The smallest absolute Gasteiger partial charge is 0.147 e. The normalized spacial score (nSPS) is 39.2. The summed E-state index contributed by atoms with van der Waals surface area (Å²) in [6.45, 7) is 4.38. The molecule has 0 aliphatic heterocycles. The zero-order valence-corrected chi connectivity index (χ0v) is 8.78. The zero-order chi connectivity index (χ0) is 8.48. The number of carbonyl (C=O) groups is 1. The van der Waals surface area contributed by atoms with Crippen molar-refractivity contribution in [2.45, 2.75) is 44.4 Å². The molecule has 0 aromatic carbocycles. The van der Waals surface area contributed by atoms with E-state index >= 15 is 0 Å². The molecular formula is C9H15BrO.